The van der Waals surface area contributed by atoms with E-state index in [1.54, 1.807) is 18.2 Å². The van der Waals surface area contributed by atoms with Gasteiger partial charge in [-0.05, 0) is 31.2 Å². The second-order valence-electron chi connectivity index (χ2n) is 5.33. The van der Waals surface area contributed by atoms with Crippen LogP contribution < -0.4 is 0 Å². The quantitative estimate of drug-likeness (QED) is 0.515. The topological polar surface area (TPSA) is 39.2 Å². The first kappa shape index (κ1) is 15.7. The standard InChI is InChI=1S/C21H17NO2/c1-16-9-8-14-19(22-16)15-20(17-10-4-2-5-11-17)24-21(23)18-12-6-3-7-13-18/h2-15H,1H3/b20-15-. The number of ether oxygens (including phenoxy) is 1. The van der Waals surface area contributed by atoms with Gasteiger partial charge >= 0.3 is 5.97 Å². The molecular weight excluding hydrogens is 298 g/mol. The predicted octanol–water partition coefficient (Wildman–Crippen LogP) is 4.75. The van der Waals surface area contributed by atoms with Gasteiger partial charge < -0.3 is 4.74 Å². The molecule has 118 valence electrons. The summed E-state index contributed by atoms with van der Waals surface area (Å²) in [5.74, 6) is 0.0842. The number of carbonyl (C=O) groups is 1. The van der Waals surface area contributed by atoms with Crippen molar-refractivity contribution in [2.24, 2.45) is 0 Å². The van der Waals surface area contributed by atoms with Crippen molar-refractivity contribution in [2.75, 3.05) is 0 Å². The number of carbonyl (C=O) groups excluding carboxylic acids is 1. The molecule has 0 unspecified atom stereocenters. The third-order valence-corrected chi connectivity index (χ3v) is 3.46. The molecular formula is C21H17NO2. The molecule has 24 heavy (non-hydrogen) atoms. The SMILES string of the molecule is Cc1cccc(/C=C(\OC(=O)c2ccccc2)c2ccccc2)n1. The molecule has 0 N–H and O–H groups in total. The fraction of sp³-hybridized carbons (Fsp3) is 0.0476. The van der Waals surface area contributed by atoms with Crippen molar-refractivity contribution in [3.05, 3.63) is 101 Å². The number of hydrogen-bond donors (Lipinski definition) is 0. The third-order valence-electron chi connectivity index (χ3n) is 3.46. The Bertz CT molecular complexity index is 855. The second-order valence-corrected chi connectivity index (χ2v) is 5.33. The first-order chi connectivity index (χ1) is 11.7. The predicted molar refractivity (Wildman–Crippen MR) is 95.1 cm³/mol. The number of hydrogen-bond acceptors (Lipinski definition) is 3. The van der Waals surface area contributed by atoms with Crippen molar-refractivity contribution in [3.8, 4) is 0 Å². The van der Waals surface area contributed by atoms with Gasteiger partial charge in [0.15, 0.2) is 0 Å². The maximum absolute atomic E-state index is 12.4. The van der Waals surface area contributed by atoms with E-state index in [-0.39, 0.29) is 0 Å². The van der Waals surface area contributed by atoms with E-state index in [4.69, 9.17) is 4.74 Å². The molecule has 3 heteroatoms. The van der Waals surface area contributed by atoms with Gasteiger partial charge in [-0.2, -0.15) is 0 Å². The molecule has 1 heterocycles. The van der Waals surface area contributed by atoms with Gasteiger partial charge in [-0.15, -0.1) is 0 Å². The Morgan fingerprint density at radius 2 is 1.46 bits per heavy atom. The van der Waals surface area contributed by atoms with E-state index >= 15 is 0 Å². The maximum Gasteiger partial charge on any atom is 0.343 e. The minimum atomic E-state index is -0.390. The summed E-state index contributed by atoms with van der Waals surface area (Å²) in [6.07, 6.45) is 1.78. The molecule has 1 aromatic heterocycles. The summed E-state index contributed by atoms with van der Waals surface area (Å²) < 4.78 is 5.65. The lowest BCUT2D eigenvalue weighted by molar-refractivity contribution is 0.0693. The van der Waals surface area contributed by atoms with Gasteiger partial charge in [-0.1, -0.05) is 54.6 Å². The van der Waals surface area contributed by atoms with Gasteiger partial charge in [0, 0.05) is 17.3 Å². The molecule has 0 aliphatic carbocycles. The average molecular weight is 315 g/mol. The summed E-state index contributed by atoms with van der Waals surface area (Å²) in [6, 6.07) is 24.2. The largest absolute Gasteiger partial charge is 0.422 e. The minimum absolute atomic E-state index is 0.390. The first-order valence-electron chi connectivity index (χ1n) is 7.70. The van der Waals surface area contributed by atoms with Crippen molar-refractivity contribution in [3.63, 3.8) is 0 Å². The zero-order chi connectivity index (χ0) is 16.8. The highest BCUT2D eigenvalue weighted by molar-refractivity contribution is 5.95. The van der Waals surface area contributed by atoms with E-state index in [1.165, 1.54) is 0 Å². The Labute approximate surface area is 141 Å². The lowest BCUT2D eigenvalue weighted by Gasteiger charge is -2.09. The maximum atomic E-state index is 12.4. The summed E-state index contributed by atoms with van der Waals surface area (Å²) in [7, 11) is 0. The molecule has 0 saturated heterocycles. The van der Waals surface area contributed by atoms with Crippen molar-refractivity contribution >= 4 is 17.8 Å². The van der Waals surface area contributed by atoms with Crippen LogP contribution >= 0.6 is 0 Å². The van der Waals surface area contributed by atoms with E-state index in [2.05, 4.69) is 4.98 Å². The summed E-state index contributed by atoms with van der Waals surface area (Å²) >= 11 is 0. The molecule has 0 saturated carbocycles. The van der Waals surface area contributed by atoms with Crippen molar-refractivity contribution in [1.29, 1.82) is 0 Å². The van der Waals surface area contributed by atoms with Crippen LogP contribution in [0.4, 0.5) is 0 Å². The fourth-order valence-electron chi connectivity index (χ4n) is 2.29. The Morgan fingerprint density at radius 3 is 2.08 bits per heavy atom. The lowest BCUT2D eigenvalue weighted by atomic mass is 10.1. The number of benzene rings is 2. The van der Waals surface area contributed by atoms with Crippen LogP contribution in [0.2, 0.25) is 0 Å². The zero-order valence-electron chi connectivity index (χ0n) is 13.3. The summed E-state index contributed by atoms with van der Waals surface area (Å²) in [5, 5.41) is 0. The minimum Gasteiger partial charge on any atom is -0.422 e. The summed E-state index contributed by atoms with van der Waals surface area (Å²) in [4.78, 5) is 16.9. The summed E-state index contributed by atoms with van der Waals surface area (Å²) in [6.45, 7) is 1.93. The molecule has 0 spiro atoms. The van der Waals surface area contributed by atoms with Crippen LogP contribution in [-0.4, -0.2) is 11.0 Å². The molecule has 0 radical (unpaired) electrons. The van der Waals surface area contributed by atoms with Gasteiger partial charge in [-0.25, -0.2) is 4.79 Å². The number of rotatable bonds is 4. The molecule has 0 amide bonds. The van der Waals surface area contributed by atoms with E-state index in [1.807, 2.05) is 73.7 Å². The van der Waals surface area contributed by atoms with E-state index in [9.17, 15) is 4.79 Å². The number of aromatic nitrogens is 1. The Hall–Kier alpha value is -3.20. The van der Waals surface area contributed by atoms with Crippen molar-refractivity contribution in [2.45, 2.75) is 6.92 Å². The molecule has 0 atom stereocenters. The molecule has 3 rings (SSSR count). The molecule has 0 aliphatic rings. The molecule has 0 fully saturated rings. The summed E-state index contributed by atoms with van der Waals surface area (Å²) in [5.41, 5.74) is 2.99. The Kier molecular flexibility index (Phi) is 4.82. The highest BCUT2D eigenvalue weighted by Crippen LogP contribution is 2.20. The highest BCUT2D eigenvalue weighted by atomic mass is 16.5. The highest BCUT2D eigenvalue weighted by Gasteiger charge is 2.12. The lowest BCUT2D eigenvalue weighted by Crippen LogP contribution is -2.04. The van der Waals surface area contributed by atoms with Crippen molar-refractivity contribution in [1.82, 2.24) is 4.98 Å². The average Bonchev–Trinajstić information content (AvgIpc) is 2.63. The van der Waals surface area contributed by atoms with Crippen LogP contribution in [0.5, 0.6) is 0 Å². The molecule has 2 aromatic carbocycles. The number of pyridine rings is 1. The second kappa shape index (κ2) is 7.38. The molecule has 3 aromatic rings. The number of aryl methyl sites for hydroxylation is 1. The van der Waals surface area contributed by atoms with Gasteiger partial charge in [0.25, 0.3) is 0 Å². The van der Waals surface area contributed by atoms with E-state index in [0.717, 1.165) is 17.0 Å². The fourth-order valence-corrected chi connectivity index (χ4v) is 2.29. The first-order valence-corrected chi connectivity index (χ1v) is 7.70. The smallest absolute Gasteiger partial charge is 0.343 e. The van der Waals surface area contributed by atoms with Crippen LogP contribution in [0.15, 0.2) is 78.9 Å². The van der Waals surface area contributed by atoms with E-state index < -0.39 is 5.97 Å². The number of esters is 1. The Balaban J connectivity index is 1.95. The van der Waals surface area contributed by atoms with Crippen LogP contribution in [0, 0.1) is 6.92 Å². The van der Waals surface area contributed by atoms with Crippen molar-refractivity contribution < 1.29 is 9.53 Å². The van der Waals surface area contributed by atoms with Gasteiger partial charge in [-0.3, -0.25) is 4.98 Å². The zero-order valence-corrected chi connectivity index (χ0v) is 13.3. The molecule has 0 aliphatic heterocycles. The van der Waals surface area contributed by atoms with Gasteiger partial charge in [0.05, 0.1) is 11.3 Å². The van der Waals surface area contributed by atoms with Crippen LogP contribution in [-0.2, 0) is 4.74 Å². The molecule has 3 nitrogen and oxygen atoms in total. The van der Waals surface area contributed by atoms with Gasteiger partial charge in [0.1, 0.15) is 5.76 Å². The monoisotopic (exact) mass is 315 g/mol. The normalized spacial score (nSPS) is 11.1. The Morgan fingerprint density at radius 1 is 0.833 bits per heavy atom. The third kappa shape index (κ3) is 3.96. The van der Waals surface area contributed by atoms with Crippen LogP contribution in [0.25, 0.3) is 11.8 Å². The van der Waals surface area contributed by atoms with Crippen LogP contribution in [0.1, 0.15) is 27.3 Å². The van der Waals surface area contributed by atoms with Gasteiger partial charge in [0.2, 0.25) is 0 Å². The van der Waals surface area contributed by atoms with E-state index in [0.29, 0.717) is 11.3 Å². The molecule has 0 bridgehead atoms. The number of nitrogens with zero attached hydrogens (tertiary/aromatic N) is 1. The van der Waals surface area contributed by atoms with Crippen LogP contribution in [0.3, 0.4) is 0 Å².